The molecule has 2 aromatic rings. The third kappa shape index (κ3) is 4.69. The number of aliphatic carboxylic acids is 1. The number of benzene rings is 2. The van der Waals surface area contributed by atoms with Gasteiger partial charge in [0, 0.05) is 6.04 Å². The van der Waals surface area contributed by atoms with E-state index < -0.39 is 12.1 Å². The maximum Gasteiger partial charge on any atom is 0.118 e. The Labute approximate surface area is 142 Å². The van der Waals surface area contributed by atoms with Gasteiger partial charge < -0.3 is 15.0 Å². The lowest BCUT2D eigenvalue weighted by Crippen LogP contribution is -2.29. The minimum Gasteiger partial charge on any atom is -0.547 e. The van der Waals surface area contributed by atoms with Crippen molar-refractivity contribution >= 4 is 5.97 Å². The van der Waals surface area contributed by atoms with Crippen molar-refractivity contribution in [2.24, 2.45) is 0 Å². The zero-order valence-electron chi connectivity index (χ0n) is 13.3. The van der Waals surface area contributed by atoms with E-state index in [1.165, 1.54) is 36.1 Å². The number of aliphatic hydroxyl groups is 1. The Kier molecular flexibility index (Phi) is 6.56. The van der Waals surface area contributed by atoms with Crippen LogP contribution < -0.4 is 10.4 Å². The molecule has 0 bridgehead atoms. The van der Waals surface area contributed by atoms with Crippen LogP contribution in [0.1, 0.15) is 35.3 Å². The fraction of sp³-hybridized carbons (Fsp3) is 0.250. The van der Waals surface area contributed by atoms with Gasteiger partial charge in [0.1, 0.15) is 6.10 Å². The molecule has 0 aliphatic heterocycles. The lowest BCUT2D eigenvalue weighted by Gasteiger charge is -2.10. The van der Waals surface area contributed by atoms with E-state index in [-0.39, 0.29) is 0 Å². The quantitative estimate of drug-likeness (QED) is 0.834. The van der Waals surface area contributed by atoms with Crippen molar-refractivity contribution in [3.8, 4) is 12.3 Å². The minimum atomic E-state index is -1.52. The maximum atomic E-state index is 10.1. The van der Waals surface area contributed by atoms with Crippen molar-refractivity contribution in [3.63, 3.8) is 0 Å². The van der Waals surface area contributed by atoms with Crippen LogP contribution in [0.15, 0.2) is 54.6 Å². The molecule has 4 heteroatoms. The number of carbonyl (C=O) groups is 1. The number of aryl methyl sites for hydroxylation is 1. The first-order chi connectivity index (χ1) is 11.6. The molecule has 0 saturated heterocycles. The topological polar surface area (TPSA) is 72.4 Å². The number of carbonyl (C=O) groups excluding carboxylic acids is 1. The standard InChI is InChI=1S/C12H13N.C8H8O3/c1-2-9-13-12-8-7-10-5-3-4-6-11(10)12;9-7(8(10)11)6-4-2-1-3-5-6/h1,3-6,12-13H,7-9H2;1-5,7,9H,(H,10,11)/p-1/t12-;/m1./s1. The smallest absolute Gasteiger partial charge is 0.118 e. The number of rotatable bonds is 4. The summed E-state index contributed by atoms with van der Waals surface area (Å²) < 4.78 is 0. The SMILES string of the molecule is C#CCN[C@@H]1CCc2ccccc21.O=C([O-])C(O)c1ccccc1. The summed E-state index contributed by atoms with van der Waals surface area (Å²) in [5, 5.41) is 22.4. The van der Waals surface area contributed by atoms with E-state index in [4.69, 9.17) is 11.5 Å². The largest absolute Gasteiger partial charge is 0.547 e. The third-order valence-electron chi connectivity index (χ3n) is 3.92. The first-order valence-electron chi connectivity index (χ1n) is 7.82. The summed E-state index contributed by atoms with van der Waals surface area (Å²) in [6, 6.07) is 17.2. The van der Waals surface area contributed by atoms with Crippen molar-refractivity contribution in [1.29, 1.82) is 0 Å². The number of fused-ring (bicyclic) bond motifs is 1. The summed E-state index contributed by atoms with van der Waals surface area (Å²) in [6.07, 6.45) is 6.06. The van der Waals surface area contributed by atoms with Gasteiger partial charge in [0.2, 0.25) is 0 Å². The van der Waals surface area contributed by atoms with Gasteiger partial charge in [-0.1, -0.05) is 60.5 Å². The first kappa shape index (κ1) is 17.7. The summed E-state index contributed by atoms with van der Waals surface area (Å²) in [5.41, 5.74) is 3.24. The van der Waals surface area contributed by atoms with E-state index in [9.17, 15) is 9.90 Å². The van der Waals surface area contributed by atoms with Crippen molar-refractivity contribution in [3.05, 3.63) is 71.3 Å². The molecular formula is C20H20NO3-. The van der Waals surface area contributed by atoms with Crippen LogP contribution >= 0.6 is 0 Å². The molecule has 2 atom stereocenters. The van der Waals surface area contributed by atoms with Gasteiger partial charge in [-0.15, -0.1) is 6.42 Å². The maximum absolute atomic E-state index is 10.1. The van der Waals surface area contributed by atoms with Crippen LogP contribution in [-0.2, 0) is 11.2 Å². The fourth-order valence-corrected chi connectivity index (χ4v) is 2.72. The summed E-state index contributed by atoms with van der Waals surface area (Å²) in [4.78, 5) is 10.1. The number of terminal acetylenes is 1. The highest BCUT2D eigenvalue weighted by Gasteiger charge is 2.20. The van der Waals surface area contributed by atoms with Crippen molar-refractivity contribution in [2.75, 3.05) is 6.54 Å². The molecule has 2 N–H and O–H groups in total. The van der Waals surface area contributed by atoms with Gasteiger partial charge in [-0.25, -0.2) is 0 Å². The average molecular weight is 322 g/mol. The van der Waals surface area contributed by atoms with Gasteiger partial charge in [0.15, 0.2) is 0 Å². The van der Waals surface area contributed by atoms with Crippen molar-refractivity contribution in [1.82, 2.24) is 5.32 Å². The Morgan fingerprint density at radius 3 is 2.58 bits per heavy atom. The van der Waals surface area contributed by atoms with Gasteiger partial charge in [-0.05, 0) is 29.5 Å². The van der Waals surface area contributed by atoms with E-state index in [0.29, 0.717) is 18.2 Å². The first-order valence-corrected chi connectivity index (χ1v) is 7.82. The second kappa shape index (κ2) is 8.88. The second-order valence-corrected chi connectivity index (χ2v) is 5.51. The zero-order valence-corrected chi connectivity index (χ0v) is 13.3. The van der Waals surface area contributed by atoms with Crippen LogP contribution in [0.3, 0.4) is 0 Å². The summed E-state index contributed by atoms with van der Waals surface area (Å²) in [7, 11) is 0. The van der Waals surface area contributed by atoms with Gasteiger partial charge in [0.05, 0.1) is 12.5 Å². The van der Waals surface area contributed by atoms with Gasteiger partial charge in [-0.3, -0.25) is 5.32 Å². The van der Waals surface area contributed by atoms with Crippen LogP contribution in [-0.4, -0.2) is 17.6 Å². The lowest BCUT2D eigenvalue weighted by atomic mass is 10.1. The molecule has 0 aromatic heterocycles. The Morgan fingerprint density at radius 2 is 1.92 bits per heavy atom. The Hall–Kier alpha value is -2.61. The number of hydrogen-bond acceptors (Lipinski definition) is 4. The summed E-state index contributed by atoms with van der Waals surface area (Å²) >= 11 is 0. The lowest BCUT2D eigenvalue weighted by molar-refractivity contribution is -0.315. The van der Waals surface area contributed by atoms with Crippen LogP contribution in [0, 0.1) is 12.3 Å². The Bertz CT molecular complexity index is 706. The third-order valence-corrected chi connectivity index (χ3v) is 3.92. The average Bonchev–Trinajstić information content (AvgIpc) is 3.03. The predicted octanol–water partition coefficient (Wildman–Crippen LogP) is 1.37. The normalized spacial score (nSPS) is 16.2. The molecule has 3 rings (SSSR count). The number of nitrogens with one attached hydrogen (secondary N) is 1. The zero-order chi connectivity index (χ0) is 17.4. The summed E-state index contributed by atoms with van der Waals surface area (Å²) in [5.74, 6) is 1.14. The van der Waals surface area contributed by atoms with Crippen LogP contribution in [0.25, 0.3) is 0 Å². The molecule has 0 heterocycles. The van der Waals surface area contributed by atoms with Crippen molar-refractivity contribution in [2.45, 2.75) is 25.0 Å². The van der Waals surface area contributed by atoms with E-state index in [1.54, 1.807) is 18.2 Å². The van der Waals surface area contributed by atoms with Crippen LogP contribution in [0.4, 0.5) is 0 Å². The molecule has 2 aromatic carbocycles. The minimum absolute atomic E-state index is 0.340. The molecule has 0 saturated carbocycles. The highest BCUT2D eigenvalue weighted by atomic mass is 16.4. The molecule has 1 aliphatic carbocycles. The molecule has 0 amide bonds. The van der Waals surface area contributed by atoms with Crippen molar-refractivity contribution < 1.29 is 15.0 Å². The van der Waals surface area contributed by atoms with E-state index >= 15 is 0 Å². The summed E-state index contributed by atoms with van der Waals surface area (Å²) in [6.45, 7) is 0.666. The number of aliphatic hydroxyl groups excluding tert-OH is 1. The second-order valence-electron chi connectivity index (χ2n) is 5.51. The highest BCUT2D eigenvalue weighted by Crippen LogP contribution is 2.30. The molecule has 124 valence electrons. The van der Waals surface area contributed by atoms with Crippen LogP contribution in [0.5, 0.6) is 0 Å². The molecular weight excluding hydrogens is 302 g/mol. The molecule has 0 spiro atoms. The predicted molar refractivity (Wildman–Crippen MR) is 90.7 cm³/mol. The molecule has 0 radical (unpaired) electrons. The number of carboxylic acids is 1. The van der Waals surface area contributed by atoms with Gasteiger partial charge >= 0.3 is 0 Å². The van der Waals surface area contributed by atoms with Gasteiger partial charge in [-0.2, -0.15) is 0 Å². The van der Waals surface area contributed by atoms with E-state index in [2.05, 4.69) is 35.5 Å². The Morgan fingerprint density at radius 1 is 1.25 bits per heavy atom. The monoisotopic (exact) mass is 322 g/mol. The number of hydrogen-bond donors (Lipinski definition) is 2. The van der Waals surface area contributed by atoms with Crippen LogP contribution in [0.2, 0.25) is 0 Å². The number of carboxylic acid groups (broad SMARTS) is 1. The van der Waals surface area contributed by atoms with E-state index in [1.807, 2.05) is 0 Å². The van der Waals surface area contributed by atoms with Gasteiger partial charge in [0.25, 0.3) is 0 Å². The molecule has 0 fully saturated rings. The highest BCUT2D eigenvalue weighted by molar-refractivity contribution is 5.71. The molecule has 24 heavy (non-hydrogen) atoms. The van der Waals surface area contributed by atoms with E-state index in [0.717, 1.165) is 0 Å². The molecule has 1 aliphatic rings. The Balaban J connectivity index is 0.000000177. The fourth-order valence-electron chi connectivity index (χ4n) is 2.72. The molecule has 4 nitrogen and oxygen atoms in total. The molecule has 1 unspecified atom stereocenters.